The van der Waals surface area contributed by atoms with Crippen LogP contribution in [-0.2, 0) is 0 Å². The number of hydrogen-bond donors (Lipinski definition) is 1. The lowest BCUT2D eigenvalue weighted by molar-refractivity contribution is 0.102. The second-order valence-electron chi connectivity index (χ2n) is 3.96. The van der Waals surface area contributed by atoms with Crippen LogP contribution in [0.25, 0.3) is 0 Å². The number of carbonyl (C=O) groups is 1. The fraction of sp³-hybridized carbons (Fsp3) is 0.154. The molecule has 0 bridgehead atoms. The highest BCUT2D eigenvalue weighted by Gasteiger charge is 2.08. The van der Waals surface area contributed by atoms with E-state index in [9.17, 15) is 4.79 Å². The number of nitrogens with zero attached hydrogens (tertiary/aromatic N) is 2. The van der Waals surface area contributed by atoms with Gasteiger partial charge in [0.1, 0.15) is 5.69 Å². The molecule has 1 aromatic heterocycles. The predicted molar refractivity (Wildman–Crippen MR) is 70.9 cm³/mol. The Morgan fingerprint density at radius 2 is 2.00 bits per heavy atom. The van der Waals surface area contributed by atoms with Crippen molar-refractivity contribution in [1.82, 2.24) is 9.97 Å². The van der Waals surface area contributed by atoms with E-state index < -0.39 is 0 Å². The van der Waals surface area contributed by atoms with E-state index in [0.717, 1.165) is 11.3 Å². The molecule has 1 heterocycles. The minimum Gasteiger partial charge on any atom is -0.321 e. The van der Waals surface area contributed by atoms with E-state index in [1.807, 2.05) is 19.9 Å². The molecule has 1 amide bonds. The molecule has 0 saturated carbocycles. The molecule has 0 atom stereocenters. The number of carbonyl (C=O) groups excluding carboxylic acids is 1. The molecule has 0 fully saturated rings. The second-order valence-corrected chi connectivity index (χ2v) is 4.37. The van der Waals surface area contributed by atoms with Crippen LogP contribution in [0.5, 0.6) is 0 Å². The molecule has 0 aliphatic rings. The van der Waals surface area contributed by atoms with E-state index in [4.69, 9.17) is 11.6 Å². The van der Waals surface area contributed by atoms with Gasteiger partial charge in [0, 0.05) is 16.9 Å². The van der Waals surface area contributed by atoms with Crippen LogP contribution in [0.3, 0.4) is 0 Å². The molecule has 0 unspecified atom stereocenters. The monoisotopic (exact) mass is 261 g/mol. The molecule has 2 aromatic rings. The number of nitrogens with one attached hydrogen (secondary N) is 1. The van der Waals surface area contributed by atoms with Crippen LogP contribution in [0.1, 0.15) is 21.7 Å². The van der Waals surface area contributed by atoms with Crippen LogP contribution < -0.4 is 5.32 Å². The van der Waals surface area contributed by atoms with Gasteiger partial charge in [-0.15, -0.1) is 0 Å². The van der Waals surface area contributed by atoms with Gasteiger partial charge >= 0.3 is 0 Å². The Balaban J connectivity index is 2.16. The summed E-state index contributed by atoms with van der Waals surface area (Å²) in [7, 11) is 0. The third-order valence-corrected chi connectivity index (χ3v) is 2.85. The highest BCUT2D eigenvalue weighted by Crippen LogP contribution is 2.20. The summed E-state index contributed by atoms with van der Waals surface area (Å²) in [6.07, 6.45) is 3.00. The molecule has 0 radical (unpaired) electrons. The Labute approximate surface area is 110 Å². The van der Waals surface area contributed by atoms with Gasteiger partial charge < -0.3 is 5.32 Å². The van der Waals surface area contributed by atoms with Crippen LogP contribution in [0.15, 0.2) is 30.6 Å². The van der Waals surface area contributed by atoms with Gasteiger partial charge in [-0.3, -0.25) is 9.78 Å². The van der Waals surface area contributed by atoms with Crippen molar-refractivity contribution in [3.8, 4) is 0 Å². The Hall–Kier alpha value is -1.94. The Kier molecular flexibility index (Phi) is 3.58. The van der Waals surface area contributed by atoms with Crippen LogP contribution >= 0.6 is 11.6 Å². The first-order valence-electron chi connectivity index (χ1n) is 5.42. The number of rotatable bonds is 2. The van der Waals surface area contributed by atoms with Gasteiger partial charge in [-0.2, -0.15) is 0 Å². The number of amides is 1. The van der Waals surface area contributed by atoms with Gasteiger partial charge in [-0.25, -0.2) is 4.98 Å². The molecule has 92 valence electrons. The first-order valence-corrected chi connectivity index (χ1v) is 5.80. The van der Waals surface area contributed by atoms with E-state index in [1.54, 1.807) is 18.3 Å². The average Bonchev–Trinajstić information content (AvgIpc) is 2.34. The van der Waals surface area contributed by atoms with Crippen LogP contribution in [0, 0.1) is 13.8 Å². The number of aromatic nitrogens is 2. The normalized spacial score (nSPS) is 10.2. The zero-order chi connectivity index (χ0) is 13.1. The number of anilines is 1. The van der Waals surface area contributed by atoms with Gasteiger partial charge in [0.15, 0.2) is 0 Å². The van der Waals surface area contributed by atoms with Crippen molar-refractivity contribution in [1.29, 1.82) is 0 Å². The molecular formula is C13H12ClN3O. The van der Waals surface area contributed by atoms with E-state index >= 15 is 0 Å². The molecule has 0 saturated heterocycles. The summed E-state index contributed by atoms with van der Waals surface area (Å²) in [5.74, 6) is -0.303. The standard InChI is InChI=1S/C13H12ClN3O/c1-8-3-4-10(5-11(8)14)17-13(18)12-7-15-9(2)6-16-12/h3-7H,1-2H3,(H,17,18). The number of benzene rings is 1. The second kappa shape index (κ2) is 5.14. The summed E-state index contributed by atoms with van der Waals surface area (Å²) < 4.78 is 0. The number of hydrogen-bond acceptors (Lipinski definition) is 3. The molecule has 18 heavy (non-hydrogen) atoms. The Morgan fingerprint density at radius 3 is 2.61 bits per heavy atom. The van der Waals surface area contributed by atoms with Crippen LogP contribution in [0.4, 0.5) is 5.69 Å². The third kappa shape index (κ3) is 2.84. The maximum atomic E-state index is 11.9. The summed E-state index contributed by atoms with van der Waals surface area (Å²) in [4.78, 5) is 19.9. The van der Waals surface area contributed by atoms with E-state index in [2.05, 4.69) is 15.3 Å². The van der Waals surface area contributed by atoms with E-state index in [0.29, 0.717) is 10.7 Å². The predicted octanol–water partition coefficient (Wildman–Crippen LogP) is 3.00. The molecular weight excluding hydrogens is 250 g/mol. The molecule has 1 aromatic carbocycles. The minimum absolute atomic E-state index is 0.275. The van der Waals surface area contributed by atoms with Gasteiger partial charge in [0.2, 0.25) is 0 Å². The summed E-state index contributed by atoms with van der Waals surface area (Å²) in [6, 6.07) is 5.34. The first kappa shape index (κ1) is 12.5. The fourth-order valence-corrected chi connectivity index (χ4v) is 1.56. The van der Waals surface area contributed by atoms with Crippen LogP contribution in [0.2, 0.25) is 5.02 Å². The summed E-state index contributed by atoms with van der Waals surface area (Å²) in [5, 5.41) is 3.33. The number of aryl methyl sites for hydroxylation is 2. The fourth-order valence-electron chi connectivity index (χ4n) is 1.38. The smallest absolute Gasteiger partial charge is 0.275 e. The quantitative estimate of drug-likeness (QED) is 0.904. The Morgan fingerprint density at radius 1 is 1.22 bits per heavy atom. The maximum absolute atomic E-state index is 11.9. The Bertz CT molecular complexity index is 581. The lowest BCUT2D eigenvalue weighted by Gasteiger charge is -2.06. The zero-order valence-corrected chi connectivity index (χ0v) is 10.8. The van der Waals surface area contributed by atoms with Crippen molar-refractivity contribution in [2.24, 2.45) is 0 Å². The molecule has 5 heteroatoms. The van der Waals surface area contributed by atoms with Gasteiger partial charge in [-0.05, 0) is 31.5 Å². The topological polar surface area (TPSA) is 54.9 Å². The molecule has 2 rings (SSSR count). The van der Waals surface area contributed by atoms with Crippen molar-refractivity contribution in [3.63, 3.8) is 0 Å². The van der Waals surface area contributed by atoms with Crippen molar-refractivity contribution in [2.75, 3.05) is 5.32 Å². The van der Waals surface area contributed by atoms with Crippen LogP contribution in [-0.4, -0.2) is 15.9 Å². The lowest BCUT2D eigenvalue weighted by atomic mass is 10.2. The summed E-state index contributed by atoms with van der Waals surface area (Å²) >= 11 is 5.98. The van der Waals surface area contributed by atoms with Crippen molar-refractivity contribution < 1.29 is 4.79 Å². The lowest BCUT2D eigenvalue weighted by Crippen LogP contribution is -2.14. The zero-order valence-electron chi connectivity index (χ0n) is 10.1. The van der Waals surface area contributed by atoms with Gasteiger partial charge in [0.25, 0.3) is 5.91 Å². The SMILES string of the molecule is Cc1cnc(C(=O)Nc2ccc(C)c(Cl)c2)cn1. The van der Waals surface area contributed by atoms with E-state index in [-0.39, 0.29) is 11.6 Å². The van der Waals surface area contributed by atoms with Gasteiger partial charge in [-0.1, -0.05) is 17.7 Å². The van der Waals surface area contributed by atoms with E-state index in [1.165, 1.54) is 6.20 Å². The number of halogens is 1. The molecule has 0 spiro atoms. The summed E-state index contributed by atoms with van der Waals surface area (Å²) in [6.45, 7) is 3.72. The van der Waals surface area contributed by atoms with Crippen molar-refractivity contribution in [2.45, 2.75) is 13.8 Å². The highest BCUT2D eigenvalue weighted by molar-refractivity contribution is 6.31. The summed E-state index contributed by atoms with van der Waals surface area (Å²) in [5.41, 5.74) is 2.64. The largest absolute Gasteiger partial charge is 0.321 e. The van der Waals surface area contributed by atoms with Crippen molar-refractivity contribution >= 4 is 23.2 Å². The van der Waals surface area contributed by atoms with Gasteiger partial charge in [0.05, 0.1) is 11.9 Å². The average molecular weight is 262 g/mol. The minimum atomic E-state index is -0.303. The molecule has 1 N–H and O–H groups in total. The highest BCUT2D eigenvalue weighted by atomic mass is 35.5. The molecule has 0 aliphatic heterocycles. The molecule has 0 aliphatic carbocycles. The van der Waals surface area contributed by atoms with Crippen molar-refractivity contribution in [3.05, 3.63) is 52.6 Å². The maximum Gasteiger partial charge on any atom is 0.275 e. The molecule has 4 nitrogen and oxygen atoms in total. The first-order chi connectivity index (χ1) is 8.56. The third-order valence-electron chi connectivity index (χ3n) is 2.44.